The second-order valence-corrected chi connectivity index (χ2v) is 7.58. The molecule has 0 N–H and O–H groups in total. The van der Waals surface area contributed by atoms with E-state index in [2.05, 4.69) is 41.5 Å². The molecule has 0 aromatic rings. The van der Waals surface area contributed by atoms with Gasteiger partial charge in [0.25, 0.3) is 0 Å². The van der Waals surface area contributed by atoms with Gasteiger partial charge in [0, 0.05) is 0 Å². The van der Waals surface area contributed by atoms with E-state index in [1.807, 2.05) is 0 Å². The Balaban J connectivity index is 2.28. The van der Waals surface area contributed by atoms with Crippen LogP contribution in [0.1, 0.15) is 60.8 Å². The molecule has 2 aliphatic rings. The molecule has 2 saturated carbocycles. The van der Waals surface area contributed by atoms with E-state index >= 15 is 0 Å². The molecule has 0 saturated heterocycles. The predicted octanol–water partition coefficient (Wildman–Crippen LogP) is 4.70. The molecule has 2 aliphatic carbocycles. The summed E-state index contributed by atoms with van der Waals surface area (Å²) < 4.78 is 0. The predicted molar refractivity (Wildman–Crippen MR) is 66.5 cm³/mol. The summed E-state index contributed by atoms with van der Waals surface area (Å²) in [4.78, 5) is 0. The highest BCUT2D eigenvalue weighted by atomic mass is 14.6. The molecule has 0 spiro atoms. The molecule has 2 rings (SSSR count). The van der Waals surface area contributed by atoms with Crippen molar-refractivity contribution in [3.63, 3.8) is 0 Å². The highest BCUT2D eigenvalue weighted by Crippen LogP contribution is 2.60. The van der Waals surface area contributed by atoms with Crippen molar-refractivity contribution in [3.8, 4) is 0 Å². The molecule has 0 aromatic heterocycles. The summed E-state index contributed by atoms with van der Waals surface area (Å²) in [7, 11) is 0. The van der Waals surface area contributed by atoms with Crippen molar-refractivity contribution >= 4 is 0 Å². The Morgan fingerprint density at radius 1 is 1.07 bits per heavy atom. The SMILES string of the molecule is C[C-]1CC(C)(C)C2CC1C(C)(C)CC2C. The zero-order chi connectivity index (χ0) is 11.4. The molecular formula is C15H27-. The first kappa shape index (κ1) is 11.5. The van der Waals surface area contributed by atoms with Crippen molar-refractivity contribution in [2.75, 3.05) is 0 Å². The van der Waals surface area contributed by atoms with E-state index in [1.54, 1.807) is 5.92 Å². The summed E-state index contributed by atoms with van der Waals surface area (Å²) in [6.07, 6.45) is 4.23. The van der Waals surface area contributed by atoms with E-state index in [9.17, 15) is 0 Å². The van der Waals surface area contributed by atoms with Crippen LogP contribution in [0.25, 0.3) is 0 Å². The average Bonchev–Trinajstić information content (AvgIpc) is 1.98. The fourth-order valence-electron chi connectivity index (χ4n) is 4.85. The average molecular weight is 207 g/mol. The van der Waals surface area contributed by atoms with E-state index in [-0.39, 0.29) is 0 Å². The first-order valence-corrected chi connectivity index (χ1v) is 6.56. The van der Waals surface area contributed by atoms with E-state index in [1.165, 1.54) is 19.3 Å². The van der Waals surface area contributed by atoms with Crippen LogP contribution in [-0.4, -0.2) is 0 Å². The van der Waals surface area contributed by atoms with Gasteiger partial charge in [0.05, 0.1) is 0 Å². The van der Waals surface area contributed by atoms with Gasteiger partial charge in [0.15, 0.2) is 0 Å². The van der Waals surface area contributed by atoms with Crippen LogP contribution < -0.4 is 0 Å². The van der Waals surface area contributed by atoms with Gasteiger partial charge in [-0.3, -0.25) is 0 Å². The topological polar surface area (TPSA) is 0 Å². The van der Waals surface area contributed by atoms with E-state index in [0.29, 0.717) is 10.8 Å². The molecule has 88 valence electrons. The lowest BCUT2D eigenvalue weighted by atomic mass is 9.47. The van der Waals surface area contributed by atoms with E-state index in [4.69, 9.17) is 0 Å². The largest absolute Gasteiger partial charge is 0.313 e. The number of hydrogen-bond donors (Lipinski definition) is 0. The molecule has 0 amide bonds. The zero-order valence-corrected chi connectivity index (χ0v) is 11.4. The van der Waals surface area contributed by atoms with Crippen molar-refractivity contribution in [1.29, 1.82) is 0 Å². The minimum Gasteiger partial charge on any atom is -0.313 e. The first-order valence-electron chi connectivity index (χ1n) is 6.56. The molecule has 0 radical (unpaired) electrons. The quantitative estimate of drug-likeness (QED) is 0.505. The second kappa shape index (κ2) is 3.25. The van der Waals surface area contributed by atoms with Crippen LogP contribution in [0.2, 0.25) is 0 Å². The fraction of sp³-hybridized carbons (Fsp3) is 0.933. The maximum Gasteiger partial charge on any atom is -0.0383 e. The summed E-state index contributed by atoms with van der Waals surface area (Å²) in [5.74, 6) is 4.54. The van der Waals surface area contributed by atoms with Crippen LogP contribution in [0, 0.1) is 34.5 Å². The van der Waals surface area contributed by atoms with Crippen molar-refractivity contribution < 1.29 is 0 Å². The summed E-state index contributed by atoms with van der Waals surface area (Å²) in [5, 5.41) is 0. The van der Waals surface area contributed by atoms with Crippen molar-refractivity contribution in [2.24, 2.45) is 28.6 Å². The monoisotopic (exact) mass is 207 g/mol. The van der Waals surface area contributed by atoms with Crippen LogP contribution in [0.4, 0.5) is 0 Å². The summed E-state index contributed by atoms with van der Waals surface area (Å²) in [5.41, 5.74) is 1.10. The molecule has 2 bridgehead atoms. The van der Waals surface area contributed by atoms with Gasteiger partial charge < -0.3 is 5.92 Å². The lowest BCUT2D eigenvalue weighted by molar-refractivity contribution is -0.0365. The van der Waals surface area contributed by atoms with Crippen molar-refractivity contribution in [1.82, 2.24) is 0 Å². The number of fused-ring (bicyclic) bond motifs is 2. The summed E-state index contributed by atoms with van der Waals surface area (Å²) in [6, 6.07) is 0. The highest BCUT2D eigenvalue weighted by molar-refractivity contribution is 5.12. The molecule has 3 unspecified atom stereocenters. The maximum absolute atomic E-state index is 2.48. The Kier molecular flexibility index (Phi) is 2.48. The van der Waals surface area contributed by atoms with Gasteiger partial charge in [-0.1, -0.05) is 51.9 Å². The standard InChI is InChI=1S/C15H27/c1-10-8-14(3,4)13-7-12(10)15(5,6)9-11(13)2/h10,12-13H,7-9H2,1-6H3/q-1. The molecule has 0 heteroatoms. The third-order valence-corrected chi connectivity index (χ3v) is 5.30. The van der Waals surface area contributed by atoms with Crippen LogP contribution in [0.15, 0.2) is 0 Å². The van der Waals surface area contributed by atoms with Crippen molar-refractivity contribution in [3.05, 3.63) is 5.92 Å². The molecule has 2 fully saturated rings. The number of rotatable bonds is 0. The highest BCUT2D eigenvalue weighted by Gasteiger charge is 2.46. The van der Waals surface area contributed by atoms with Crippen LogP contribution >= 0.6 is 0 Å². The minimum absolute atomic E-state index is 0.552. The molecular weight excluding hydrogens is 180 g/mol. The van der Waals surface area contributed by atoms with Crippen molar-refractivity contribution in [2.45, 2.75) is 60.8 Å². The lowest BCUT2D eigenvalue weighted by Gasteiger charge is -2.64. The first-order chi connectivity index (χ1) is 6.74. The fourth-order valence-corrected chi connectivity index (χ4v) is 4.85. The molecule has 0 heterocycles. The second-order valence-electron chi connectivity index (χ2n) is 7.58. The van der Waals surface area contributed by atoms with Gasteiger partial charge in [-0.05, 0) is 18.3 Å². The van der Waals surface area contributed by atoms with E-state index in [0.717, 1.165) is 17.8 Å². The Morgan fingerprint density at radius 3 is 2.27 bits per heavy atom. The normalized spacial score (nSPS) is 44.0. The summed E-state index contributed by atoms with van der Waals surface area (Å²) in [6.45, 7) is 14.8. The van der Waals surface area contributed by atoms with Gasteiger partial charge >= 0.3 is 0 Å². The molecule has 0 aromatic carbocycles. The zero-order valence-electron chi connectivity index (χ0n) is 11.4. The smallest absolute Gasteiger partial charge is 0.0383 e. The summed E-state index contributed by atoms with van der Waals surface area (Å²) >= 11 is 0. The van der Waals surface area contributed by atoms with Gasteiger partial charge in [0.1, 0.15) is 0 Å². The number of hydrogen-bond acceptors (Lipinski definition) is 0. The Morgan fingerprint density at radius 2 is 1.67 bits per heavy atom. The Bertz CT molecular complexity index is 223. The minimum atomic E-state index is 0.552. The van der Waals surface area contributed by atoms with Gasteiger partial charge in [0.2, 0.25) is 0 Å². The Labute approximate surface area is 95.8 Å². The molecule has 3 atom stereocenters. The third-order valence-electron chi connectivity index (χ3n) is 5.30. The van der Waals surface area contributed by atoms with E-state index < -0.39 is 0 Å². The maximum atomic E-state index is 2.48. The molecule has 15 heavy (non-hydrogen) atoms. The molecule has 0 aliphatic heterocycles. The molecule has 0 nitrogen and oxygen atoms in total. The third kappa shape index (κ3) is 1.74. The lowest BCUT2D eigenvalue weighted by Crippen LogP contribution is -2.49. The Hall–Kier alpha value is 0. The van der Waals surface area contributed by atoms with Crippen LogP contribution in [0.5, 0.6) is 0 Å². The van der Waals surface area contributed by atoms with Crippen LogP contribution in [0.3, 0.4) is 0 Å². The van der Waals surface area contributed by atoms with Gasteiger partial charge in [-0.2, -0.15) is 19.3 Å². The van der Waals surface area contributed by atoms with Gasteiger partial charge in [-0.25, -0.2) is 0 Å². The van der Waals surface area contributed by atoms with Gasteiger partial charge in [-0.15, -0.1) is 0 Å². The van der Waals surface area contributed by atoms with Crippen LogP contribution in [-0.2, 0) is 0 Å².